The van der Waals surface area contributed by atoms with E-state index in [-0.39, 0.29) is 0 Å². The number of H-pyrrole nitrogens is 1. The van der Waals surface area contributed by atoms with Gasteiger partial charge in [-0.2, -0.15) is 0 Å². The quantitative estimate of drug-likeness (QED) is 0.681. The Morgan fingerprint density at radius 3 is 2.79 bits per heavy atom. The highest BCUT2D eigenvalue weighted by Crippen LogP contribution is 2.40. The molecule has 2 aromatic heterocycles. The predicted octanol–water partition coefficient (Wildman–Crippen LogP) is 4.93. The number of para-hydroxylation sites is 1. The third-order valence-electron chi connectivity index (χ3n) is 5.11. The molecule has 1 saturated heterocycles. The van der Waals surface area contributed by atoms with E-state index in [0.717, 1.165) is 34.2 Å². The Morgan fingerprint density at radius 1 is 1.17 bits per heavy atom. The molecule has 1 aliphatic heterocycles. The van der Waals surface area contributed by atoms with Gasteiger partial charge in [-0.3, -0.25) is 9.88 Å². The van der Waals surface area contributed by atoms with E-state index in [9.17, 15) is 0 Å². The Hall–Kier alpha value is -1.72. The SMILES string of the molecule is Cc1cccnc1[C@@H]1CCC[C@H](c2nc3cccc(Br)c3[nH]2)N1C. The first-order valence-electron chi connectivity index (χ1n) is 8.42. The van der Waals surface area contributed by atoms with Gasteiger partial charge in [-0.15, -0.1) is 0 Å². The maximum atomic E-state index is 4.85. The number of fused-ring (bicyclic) bond motifs is 1. The number of pyridine rings is 1. The van der Waals surface area contributed by atoms with Gasteiger partial charge in [-0.1, -0.05) is 12.1 Å². The van der Waals surface area contributed by atoms with Crippen LogP contribution in [0.25, 0.3) is 11.0 Å². The number of hydrogen-bond donors (Lipinski definition) is 1. The van der Waals surface area contributed by atoms with E-state index in [4.69, 9.17) is 4.98 Å². The highest BCUT2D eigenvalue weighted by atomic mass is 79.9. The first-order valence-corrected chi connectivity index (χ1v) is 9.22. The van der Waals surface area contributed by atoms with E-state index in [1.165, 1.54) is 17.7 Å². The average Bonchev–Trinajstić information content (AvgIpc) is 3.01. The van der Waals surface area contributed by atoms with Gasteiger partial charge in [0, 0.05) is 10.7 Å². The molecule has 24 heavy (non-hydrogen) atoms. The van der Waals surface area contributed by atoms with Crippen LogP contribution >= 0.6 is 15.9 Å². The number of halogens is 1. The summed E-state index contributed by atoms with van der Waals surface area (Å²) >= 11 is 3.61. The lowest BCUT2D eigenvalue weighted by molar-refractivity contribution is 0.107. The van der Waals surface area contributed by atoms with Gasteiger partial charge in [-0.25, -0.2) is 4.98 Å². The van der Waals surface area contributed by atoms with Gasteiger partial charge in [0.2, 0.25) is 0 Å². The molecule has 0 radical (unpaired) electrons. The van der Waals surface area contributed by atoms with Gasteiger partial charge >= 0.3 is 0 Å². The van der Waals surface area contributed by atoms with Crippen molar-refractivity contribution in [2.75, 3.05) is 7.05 Å². The maximum Gasteiger partial charge on any atom is 0.124 e. The third-order valence-corrected chi connectivity index (χ3v) is 5.77. The lowest BCUT2D eigenvalue weighted by atomic mass is 9.92. The van der Waals surface area contributed by atoms with E-state index in [1.807, 2.05) is 18.3 Å². The van der Waals surface area contributed by atoms with Crippen LogP contribution in [0.15, 0.2) is 41.0 Å². The Balaban J connectivity index is 1.70. The van der Waals surface area contributed by atoms with Gasteiger partial charge in [0.25, 0.3) is 0 Å². The summed E-state index contributed by atoms with van der Waals surface area (Å²) < 4.78 is 1.06. The summed E-state index contributed by atoms with van der Waals surface area (Å²) in [5, 5.41) is 0. The van der Waals surface area contributed by atoms with Crippen LogP contribution in [0.5, 0.6) is 0 Å². The Bertz CT molecular complexity index is 873. The molecule has 0 spiro atoms. The zero-order chi connectivity index (χ0) is 16.7. The summed E-state index contributed by atoms with van der Waals surface area (Å²) in [4.78, 5) is 15.5. The molecule has 1 N–H and O–H groups in total. The number of aryl methyl sites for hydroxylation is 1. The number of piperidine rings is 1. The summed E-state index contributed by atoms with van der Waals surface area (Å²) in [6, 6.07) is 10.9. The highest BCUT2D eigenvalue weighted by molar-refractivity contribution is 9.10. The van der Waals surface area contributed by atoms with E-state index in [2.05, 4.69) is 63.0 Å². The molecule has 1 fully saturated rings. The van der Waals surface area contributed by atoms with Gasteiger partial charge in [0.1, 0.15) is 5.82 Å². The van der Waals surface area contributed by atoms with Gasteiger partial charge < -0.3 is 4.98 Å². The van der Waals surface area contributed by atoms with Crippen LogP contribution in [0, 0.1) is 6.92 Å². The van der Waals surface area contributed by atoms with Crippen molar-refractivity contribution >= 4 is 27.0 Å². The maximum absolute atomic E-state index is 4.85. The van der Waals surface area contributed by atoms with Crippen LogP contribution in [0.4, 0.5) is 0 Å². The highest BCUT2D eigenvalue weighted by Gasteiger charge is 2.32. The van der Waals surface area contributed by atoms with E-state index in [0.29, 0.717) is 12.1 Å². The number of nitrogens with zero attached hydrogens (tertiary/aromatic N) is 3. The summed E-state index contributed by atoms with van der Waals surface area (Å²) in [6.07, 6.45) is 5.36. The van der Waals surface area contributed by atoms with E-state index >= 15 is 0 Å². The van der Waals surface area contributed by atoms with E-state index < -0.39 is 0 Å². The monoisotopic (exact) mass is 384 g/mol. The molecular weight excluding hydrogens is 364 g/mol. The second kappa shape index (κ2) is 6.30. The number of aromatic amines is 1. The molecule has 0 bridgehead atoms. The summed E-state index contributed by atoms with van der Waals surface area (Å²) in [7, 11) is 2.20. The molecule has 2 atom stereocenters. The van der Waals surface area contributed by atoms with Crippen LogP contribution in [0.1, 0.15) is 48.4 Å². The van der Waals surface area contributed by atoms with Crippen molar-refractivity contribution in [2.24, 2.45) is 0 Å². The fraction of sp³-hybridized carbons (Fsp3) is 0.368. The zero-order valence-corrected chi connectivity index (χ0v) is 15.5. The number of likely N-dealkylation sites (tertiary alicyclic amines) is 1. The van der Waals surface area contributed by atoms with Crippen molar-refractivity contribution in [3.63, 3.8) is 0 Å². The normalized spacial score (nSPS) is 22.1. The van der Waals surface area contributed by atoms with Crippen LogP contribution in [0.3, 0.4) is 0 Å². The minimum absolute atomic E-state index is 0.296. The molecule has 4 nitrogen and oxygen atoms in total. The van der Waals surface area contributed by atoms with Crippen molar-refractivity contribution in [2.45, 2.75) is 38.3 Å². The molecule has 3 heterocycles. The lowest BCUT2D eigenvalue weighted by Crippen LogP contribution is -2.34. The first-order chi connectivity index (χ1) is 11.6. The van der Waals surface area contributed by atoms with Gasteiger partial charge in [-0.05, 0) is 72.9 Å². The fourth-order valence-electron chi connectivity index (χ4n) is 3.81. The fourth-order valence-corrected chi connectivity index (χ4v) is 4.26. The van der Waals surface area contributed by atoms with Crippen LogP contribution in [-0.4, -0.2) is 26.9 Å². The topological polar surface area (TPSA) is 44.8 Å². The second-order valence-electron chi connectivity index (χ2n) is 6.59. The van der Waals surface area contributed by atoms with Crippen molar-refractivity contribution in [1.29, 1.82) is 0 Å². The Kier molecular flexibility index (Phi) is 4.14. The zero-order valence-electron chi connectivity index (χ0n) is 14.0. The largest absolute Gasteiger partial charge is 0.340 e. The van der Waals surface area contributed by atoms with Crippen molar-refractivity contribution in [3.8, 4) is 0 Å². The Labute approximate surface area is 150 Å². The number of rotatable bonds is 2. The van der Waals surface area contributed by atoms with Crippen LogP contribution in [-0.2, 0) is 0 Å². The number of aromatic nitrogens is 3. The molecule has 5 heteroatoms. The third kappa shape index (κ3) is 2.66. The molecule has 1 aliphatic rings. The molecule has 124 valence electrons. The second-order valence-corrected chi connectivity index (χ2v) is 7.44. The molecule has 1 aromatic carbocycles. The van der Waals surface area contributed by atoms with Crippen LogP contribution in [0.2, 0.25) is 0 Å². The number of imidazole rings is 1. The average molecular weight is 385 g/mol. The standard InChI is InChI=1S/C19H21BrN4/c1-12-6-5-11-21-17(12)15-9-4-10-16(24(15)2)19-22-14-8-3-7-13(20)18(14)23-19/h3,5-8,11,15-16H,4,9-10H2,1-2H3,(H,22,23)/t15-,16+/m0/s1. The van der Waals surface area contributed by atoms with Crippen molar-refractivity contribution in [3.05, 3.63) is 58.1 Å². The summed E-state index contributed by atoms with van der Waals surface area (Å²) in [6.45, 7) is 2.15. The molecule has 0 saturated carbocycles. The number of hydrogen-bond acceptors (Lipinski definition) is 3. The van der Waals surface area contributed by atoms with Crippen molar-refractivity contribution in [1.82, 2.24) is 19.9 Å². The van der Waals surface area contributed by atoms with E-state index in [1.54, 1.807) is 0 Å². The van der Waals surface area contributed by atoms with Crippen molar-refractivity contribution < 1.29 is 0 Å². The lowest BCUT2D eigenvalue weighted by Gasteiger charge is -2.38. The summed E-state index contributed by atoms with van der Waals surface area (Å²) in [5.74, 6) is 1.05. The number of benzene rings is 1. The molecule has 0 aliphatic carbocycles. The smallest absolute Gasteiger partial charge is 0.124 e. The first kappa shape index (κ1) is 15.8. The van der Waals surface area contributed by atoms with Gasteiger partial charge in [0.15, 0.2) is 0 Å². The molecule has 4 rings (SSSR count). The molecule has 0 amide bonds. The number of nitrogens with one attached hydrogen (secondary N) is 1. The van der Waals surface area contributed by atoms with Gasteiger partial charge in [0.05, 0.1) is 28.8 Å². The minimum Gasteiger partial charge on any atom is -0.340 e. The Morgan fingerprint density at radius 2 is 2.00 bits per heavy atom. The predicted molar refractivity (Wildman–Crippen MR) is 99.9 cm³/mol. The molecule has 0 unspecified atom stereocenters. The summed E-state index contributed by atoms with van der Waals surface area (Å²) in [5.41, 5.74) is 4.56. The minimum atomic E-state index is 0.296. The molecular formula is C19H21BrN4. The van der Waals surface area contributed by atoms with Crippen LogP contribution < -0.4 is 0 Å². The molecule has 3 aromatic rings.